The number of quaternary nitrogens is 1. The first-order valence-corrected chi connectivity index (χ1v) is 12.2. The Morgan fingerprint density at radius 2 is 0.846 bits per heavy atom. The summed E-state index contributed by atoms with van der Waals surface area (Å²) in [5.74, 6) is 0. The molecule has 0 aromatic carbocycles. The van der Waals surface area contributed by atoms with Crippen molar-refractivity contribution in [3.05, 3.63) is 12.7 Å². The van der Waals surface area contributed by atoms with E-state index < -0.39 is 0 Å². The van der Waals surface area contributed by atoms with Crippen LogP contribution in [-0.4, -0.2) is 30.7 Å². The summed E-state index contributed by atoms with van der Waals surface area (Å²) in [5, 5.41) is 0. The summed E-state index contributed by atoms with van der Waals surface area (Å²) < 4.78 is 1.31. The van der Waals surface area contributed by atoms with Crippen LogP contribution in [0, 0.1) is 0 Å². The molecule has 156 valence electrons. The lowest BCUT2D eigenvalue weighted by Crippen LogP contribution is -2.50. The Bertz CT molecular complexity index is 276. The van der Waals surface area contributed by atoms with Gasteiger partial charge in [-0.1, -0.05) is 104 Å². The van der Waals surface area contributed by atoms with E-state index in [0.29, 0.717) is 0 Å². The van der Waals surface area contributed by atoms with Crippen LogP contribution in [0.3, 0.4) is 0 Å². The molecule has 0 aliphatic rings. The molecule has 0 saturated carbocycles. The van der Waals surface area contributed by atoms with E-state index in [9.17, 15) is 0 Å². The molecule has 1 nitrogen and oxygen atoms in total. The van der Waals surface area contributed by atoms with Gasteiger partial charge in [0.2, 0.25) is 0 Å². The number of unbranched alkanes of at least 4 members (excludes halogenated alkanes) is 13. The Morgan fingerprint density at radius 3 is 1.23 bits per heavy atom. The largest absolute Gasteiger partial charge is 0.320 e. The number of rotatable bonds is 21. The molecule has 0 atom stereocenters. The van der Waals surface area contributed by atoms with E-state index in [4.69, 9.17) is 0 Å². The smallest absolute Gasteiger partial charge is 0.0971 e. The molecular formula is C25H52N+. The quantitative estimate of drug-likeness (QED) is 0.109. The van der Waals surface area contributed by atoms with Crippen LogP contribution in [0.5, 0.6) is 0 Å². The van der Waals surface area contributed by atoms with Crippen molar-refractivity contribution >= 4 is 0 Å². The van der Waals surface area contributed by atoms with Gasteiger partial charge in [0.1, 0.15) is 0 Å². The van der Waals surface area contributed by atoms with Gasteiger partial charge in [0.25, 0.3) is 0 Å². The molecule has 0 amide bonds. The van der Waals surface area contributed by atoms with Crippen LogP contribution in [0.1, 0.15) is 124 Å². The van der Waals surface area contributed by atoms with Gasteiger partial charge in [0.15, 0.2) is 0 Å². The van der Waals surface area contributed by atoms with E-state index in [-0.39, 0.29) is 0 Å². The average Bonchev–Trinajstić information content (AvgIpc) is 2.65. The van der Waals surface area contributed by atoms with Gasteiger partial charge < -0.3 is 4.48 Å². The van der Waals surface area contributed by atoms with Crippen molar-refractivity contribution in [1.82, 2.24) is 0 Å². The zero-order valence-corrected chi connectivity index (χ0v) is 18.9. The predicted molar refractivity (Wildman–Crippen MR) is 121 cm³/mol. The monoisotopic (exact) mass is 366 g/mol. The van der Waals surface area contributed by atoms with Gasteiger partial charge in [-0.15, -0.1) is 0 Å². The summed E-state index contributed by atoms with van der Waals surface area (Å²) in [6.07, 6.45) is 24.9. The maximum atomic E-state index is 4.06. The first kappa shape index (κ1) is 25.7. The highest BCUT2D eigenvalue weighted by atomic mass is 15.3. The van der Waals surface area contributed by atoms with Gasteiger partial charge >= 0.3 is 0 Å². The van der Waals surface area contributed by atoms with Crippen molar-refractivity contribution in [2.75, 3.05) is 26.2 Å². The first-order valence-electron chi connectivity index (χ1n) is 12.2. The van der Waals surface area contributed by atoms with Gasteiger partial charge in [-0.3, -0.25) is 0 Å². The van der Waals surface area contributed by atoms with Crippen molar-refractivity contribution in [3.63, 3.8) is 0 Å². The van der Waals surface area contributed by atoms with Crippen LogP contribution in [0.25, 0.3) is 0 Å². The van der Waals surface area contributed by atoms with Crippen molar-refractivity contribution in [2.45, 2.75) is 124 Å². The summed E-state index contributed by atoms with van der Waals surface area (Å²) in [6, 6.07) is 0. The van der Waals surface area contributed by atoms with Crippen molar-refractivity contribution < 1.29 is 4.48 Å². The molecular weight excluding hydrogens is 314 g/mol. The van der Waals surface area contributed by atoms with E-state index in [1.165, 1.54) is 133 Å². The maximum Gasteiger partial charge on any atom is 0.0971 e. The molecule has 0 aromatic rings. The second-order valence-corrected chi connectivity index (χ2v) is 8.58. The second-order valence-electron chi connectivity index (χ2n) is 8.58. The molecule has 1 heteroatoms. The minimum Gasteiger partial charge on any atom is -0.320 e. The molecule has 0 unspecified atom stereocenters. The Hall–Kier alpha value is -0.300. The number of hydrogen-bond acceptors (Lipinski definition) is 0. The molecule has 0 bridgehead atoms. The molecule has 0 saturated heterocycles. The highest BCUT2D eigenvalue weighted by Gasteiger charge is 2.24. The zero-order valence-electron chi connectivity index (χ0n) is 18.9. The van der Waals surface area contributed by atoms with Crippen LogP contribution in [0.2, 0.25) is 0 Å². The van der Waals surface area contributed by atoms with E-state index in [1.807, 2.05) is 0 Å². The fourth-order valence-corrected chi connectivity index (χ4v) is 4.16. The normalized spacial score (nSPS) is 11.8. The Morgan fingerprint density at radius 1 is 0.500 bits per heavy atom. The summed E-state index contributed by atoms with van der Waals surface area (Å²) in [4.78, 5) is 0. The maximum absolute atomic E-state index is 4.06. The first-order chi connectivity index (χ1) is 12.7. The minimum absolute atomic E-state index is 1.18. The van der Waals surface area contributed by atoms with Gasteiger partial charge in [-0.2, -0.15) is 0 Å². The van der Waals surface area contributed by atoms with E-state index >= 15 is 0 Å². The summed E-state index contributed by atoms with van der Waals surface area (Å²) in [5.41, 5.74) is 0. The third-order valence-corrected chi connectivity index (χ3v) is 5.97. The SMILES string of the molecule is C=CC[N+](CCCC)(CCCC)CCCCCCCCCCCCCC. The minimum atomic E-state index is 1.18. The van der Waals surface area contributed by atoms with Gasteiger partial charge in [-0.25, -0.2) is 0 Å². The summed E-state index contributed by atoms with van der Waals surface area (Å²) in [7, 11) is 0. The van der Waals surface area contributed by atoms with Gasteiger partial charge in [0, 0.05) is 0 Å². The Kier molecular flexibility index (Phi) is 19.2. The molecule has 0 N–H and O–H groups in total. The topological polar surface area (TPSA) is 0 Å². The fourth-order valence-electron chi connectivity index (χ4n) is 4.16. The van der Waals surface area contributed by atoms with E-state index in [2.05, 4.69) is 33.4 Å². The molecule has 0 heterocycles. The summed E-state index contributed by atoms with van der Waals surface area (Å²) in [6.45, 7) is 16.3. The van der Waals surface area contributed by atoms with Crippen LogP contribution >= 0.6 is 0 Å². The van der Waals surface area contributed by atoms with Crippen LogP contribution in [0.15, 0.2) is 12.7 Å². The molecule has 0 aliphatic carbocycles. The van der Waals surface area contributed by atoms with Crippen LogP contribution < -0.4 is 0 Å². The lowest BCUT2D eigenvalue weighted by Gasteiger charge is -2.38. The van der Waals surface area contributed by atoms with E-state index in [1.54, 1.807) is 0 Å². The number of nitrogens with zero attached hydrogens (tertiary/aromatic N) is 1. The van der Waals surface area contributed by atoms with Crippen molar-refractivity contribution in [2.24, 2.45) is 0 Å². The van der Waals surface area contributed by atoms with Crippen LogP contribution in [-0.2, 0) is 0 Å². The standard InChI is InChI=1S/C25H52N/c1-5-9-12-13-14-15-16-17-18-19-20-21-25-26(22-8-4,23-10-6-2)24-11-7-3/h8H,4-7,9-25H2,1-3H3/q+1. The molecule has 0 spiro atoms. The van der Waals surface area contributed by atoms with Crippen molar-refractivity contribution in [3.8, 4) is 0 Å². The lowest BCUT2D eigenvalue weighted by molar-refractivity contribution is -0.923. The fraction of sp³-hybridized carbons (Fsp3) is 0.920. The van der Waals surface area contributed by atoms with Gasteiger partial charge in [0.05, 0.1) is 26.2 Å². The zero-order chi connectivity index (χ0) is 19.3. The molecule has 0 aliphatic heterocycles. The second kappa shape index (κ2) is 19.5. The lowest BCUT2D eigenvalue weighted by atomic mass is 10.0. The van der Waals surface area contributed by atoms with Crippen molar-refractivity contribution in [1.29, 1.82) is 0 Å². The molecule has 0 aromatic heterocycles. The number of hydrogen-bond donors (Lipinski definition) is 0. The van der Waals surface area contributed by atoms with Gasteiger partial charge in [-0.05, 0) is 31.8 Å². The highest BCUT2D eigenvalue weighted by molar-refractivity contribution is 4.67. The summed E-state index contributed by atoms with van der Waals surface area (Å²) >= 11 is 0. The third-order valence-electron chi connectivity index (χ3n) is 5.97. The Labute approximate surface area is 167 Å². The molecule has 0 radical (unpaired) electrons. The van der Waals surface area contributed by atoms with Crippen LogP contribution in [0.4, 0.5) is 0 Å². The average molecular weight is 367 g/mol. The Balaban J connectivity index is 3.81. The molecule has 0 fully saturated rings. The molecule has 0 rings (SSSR count). The van der Waals surface area contributed by atoms with E-state index in [0.717, 1.165) is 0 Å². The third kappa shape index (κ3) is 14.8. The highest BCUT2D eigenvalue weighted by Crippen LogP contribution is 2.17. The molecule has 26 heavy (non-hydrogen) atoms. The predicted octanol–water partition coefficient (Wildman–Crippen LogP) is 8.29.